The van der Waals surface area contributed by atoms with Gasteiger partial charge in [-0.25, -0.2) is 0 Å². The Kier molecular flexibility index (Phi) is 3.89. The van der Waals surface area contributed by atoms with Crippen LogP contribution in [0.2, 0.25) is 0 Å². The van der Waals surface area contributed by atoms with Crippen LogP contribution in [0.15, 0.2) is 35.7 Å². The van der Waals surface area contributed by atoms with Gasteiger partial charge in [0.25, 0.3) is 0 Å². The maximum Gasteiger partial charge on any atom is 0.0594 e. The summed E-state index contributed by atoms with van der Waals surface area (Å²) >= 11 is 3.62. The number of rotatable bonds is 4. The lowest BCUT2D eigenvalue weighted by Crippen LogP contribution is -2.28. The Morgan fingerprint density at radius 1 is 1.10 bits per heavy atom. The number of benzene rings is 1. The van der Waals surface area contributed by atoms with Crippen molar-refractivity contribution in [1.82, 2.24) is 5.43 Å². The SMILES string of the molecule is Cc1ccc(CC(NN)c2cc3sccc3s2)cc1C. The van der Waals surface area contributed by atoms with Gasteiger partial charge in [0.1, 0.15) is 0 Å². The molecular formula is C16H18N2S2. The predicted molar refractivity (Wildman–Crippen MR) is 89.4 cm³/mol. The predicted octanol–water partition coefficient (Wildman–Crippen LogP) is 4.33. The van der Waals surface area contributed by atoms with Crippen LogP contribution < -0.4 is 11.3 Å². The summed E-state index contributed by atoms with van der Waals surface area (Å²) in [4.78, 5) is 1.31. The van der Waals surface area contributed by atoms with Crippen molar-refractivity contribution in [2.75, 3.05) is 0 Å². The fraction of sp³-hybridized carbons (Fsp3) is 0.250. The summed E-state index contributed by atoms with van der Waals surface area (Å²) in [7, 11) is 0. The molecule has 0 spiro atoms. The number of thiophene rings is 2. The number of hydrazine groups is 1. The molecule has 2 aromatic heterocycles. The maximum atomic E-state index is 5.77. The molecule has 0 bridgehead atoms. The van der Waals surface area contributed by atoms with Crippen molar-refractivity contribution >= 4 is 32.1 Å². The molecule has 4 heteroatoms. The van der Waals surface area contributed by atoms with Gasteiger partial charge in [-0.05, 0) is 54.5 Å². The molecule has 0 radical (unpaired) electrons. The second-order valence-corrected chi connectivity index (χ2v) is 7.20. The number of fused-ring (bicyclic) bond motifs is 1. The smallest absolute Gasteiger partial charge is 0.0594 e. The summed E-state index contributed by atoms with van der Waals surface area (Å²) in [5.74, 6) is 5.77. The molecule has 2 heterocycles. The average molecular weight is 302 g/mol. The molecule has 0 aliphatic heterocycles. The van der Waals surface area contributed by atoms with Gasteiger partial charge >= 0.3 is 0 Å². The van der Waals surface area contributed by atoms with E-state index in [0.717, 1.165) is 6.42 Å². The van der Waals surface area contributed by atoms with E-state index in [9.17, 15) is 0 Å². The van der Waals surface area contributed by atoms with Gasteiger partial charge in [0, 0.05) is 14.3 Å². The van der Waals surface area contributed by atoms with Gasteiger partial charge in [0.15, 0.2) is 0 Å². The Labute approximate surface area is 127 Å². The van der Waals surface area contributed by atoms with Crippen molar-refractivity contribution < 1.29 is 0 Å². The average Bonchev–Trinajstić information content (AvgIpc) is 3.01. The normalized spacial score (nSPS) is 12.9. The molecular weight excluding hydrogens is 284 g/mol. The van der Waals surface area contributed by atoms with Crippen molar-refractivity contribution in [1.29, 1.82) is 0 Å². The fourth-order valence-electron chi connectivity index (χ4n) is 2.36. The number of hydrogen-bond donors (Lipinski definition) is 2. The molecule has 20 heavy (non-hydrogen) atoms. The molecule has 2 nitrogen and oxygen atoms in total. The quantitative estimate of drug-likeness (QED) is 0.556. The number of aryl methyl sites for hydroxylation is 2. The Bertz CT molecular complexity index is 698. The van der Waals surface area contributed by atoms with Crippen LogP contribution >= 0.6 is 22.7 Å². The number of nitrogens with two attached hydrogens (primary N) is 1. The number of nitrogens with one attached hydrogen (secondary N) is 1. The molecule has 1 atom stereocenters. The van der Waals surface area contributed by atoms with E-state index in [-0.39, 0.29) is 6.04 Å². The van der Waals surface area contributed by atoms with Crippen molar-refractivity contribution in [3.63, 3.8) is 0 Å². The van der Waals surface area contributed by atoms with Crippen molar-refractivity contribution in [2.24, 2.45) is 5.84 Å². The van der Waals surface area contributed by atoms with Crippen LogP contribution in [0.3, 0.4) is 0 Å². The molecule has 0 saturated heterocycles. The molecule has 1 unspecified atom stereocenters. The van der Waals surface area contributed by atoms with E-state index in [0.29, 0.717) is 0 Å². The lowest BCUT2D eigenvalue weighted by molar-refractivity contribution is 0.561. The van der Waals surface area contributed by atoms with Gasteiger partial charge in [0.2, 0.25) is 0 Å². The molecule has 1 aromatic carbocycles. The van der Waals surface area contributed by atoms with Crippen molar-refractivity contribution in [3.05, 3.63) is 57.3 Å². The molecule has 3 aromatic rings. The molecule has 0 aliphatic carbocycles. The number of hydrogen-bond acceptors (Lipinski definition) is 4. The molecule has 0 fully saturated rings. The Balaban J connectivity index is 1.86. The van der Waals surface area contributed by atoms with Crippen molar-refractivity contribution in [3.8, 4) is 0 Å². The van der Waals surface area contributed by atoms with Gasteiger partial charge in [0.05, 0.1) is 6.04 Å². The van der Waals surface area contributed by atoms with Crippen LogP contribution in [0.25, 0.3) is 9.40 Å². The van der Waals surface area contributed by atoms with Gasteiger partial charge in [-0.2, -0.15) is 0 Å². The monoisotopic (exact) mass is 302 g/mol. The van der Waals surface area contributed by atoms with Gasteiger partial charge < -0.3 is 0 Å². The maximum absolute atomic E-state index is 5.77. The summed E-state index contributed by atoms with van der Waals surface area (Å²) in [6, 6.07) is 11.3. The lowest BCUT2D eigenvalue weighted by Gasteiger charge is -2.15. The Morgan fingerprint density at radius 3 is 2.65 bits per heavy atom. The summed E-state index contributed by atoms with van der Waals surface area (Å²) in [5.41, 5.74) is 6.97. The molecule has 0 saturated carbocycles. The van der Waals surface area contributed by atoms with Crippen LogP contribution in [0.1, 0.15) is 27.6 Å². The highest BCUT2D eigenvalue weighted by atomic mass is 32.1. The zero-order valence-corrected chi connectivity index (χ0v) is 13.3. The first-order valence-electron chi connectivity index (χ1n) is 6.66. The Morgan fingerprint density at radius 2 is 1.95 bits per heavy atom. The van der Waals surface area contributed by atoms with E-state index in [4.69, 9.17) is 5.84 Å². The second kappa shape index (κ2) is 5.66. The third kappa shape index (κ3) is 2.65. The largest absolute Gasteiger partial charge is 0.271 e. The minimum atomic E-state index is 0.182. The van der Waals surface area contributed by atoms with E-state index in [2.05, 4.69) is 55.0 Å². The minimum Gasteiger partial charge on any atom is -0.271 e. The first-order valence-corrected chi connectivity index (χ1v) is 8.36. The molecule has 0 amide bonds. The summed E-state index contributed by atoms with van der Waals surface area (Å²) in [6.07, 6.45) is 0.922. The fourth-order valence-corrected chi connectivity index (χ4v) is 4.54. The highest BCUT2D eigenvalue weighted by Crippen LogP contribution is 2.34. The summed E-state index contributed by atoms with van der Waals surface area (Å²) < 4.78 is 2.70. The molecule has 3 N–H and O–H groups in total. The standard InChI is InChI=1S/C16H18N2S2/c1-10-3-4-12(7-11(10)2)8-13(18-17)15-9-16-14(20-15)5-6-19-16/h3-7,9,13,18H,8,17H2,1-2H3. The first kappa shape index (κ1) is 13.8. The lowest BCUT2D eigenvalue weighted by atomic mass is 10.0. The second-order valence-electron chi connectivity index (χ2n) is 5.14. The van der Waals surface area contributed by atoms with E-state index < -0.39 is 0 Å². The van der Waals surface area contributed by atoms with Crippen molar-refractivity contribution in [2.45, 2.75) is 26.3 Å². The van der Waals surface area contributed by atoms with Crippen LogP contribution in [-0.4, -0.2) is 0 Å². The van der Waals surface area contributed by atoms with Gasteiger partial charge in [-0.15, -0.1) is 22.7 Å². The van der Waals surface area contributed by atoms with Crippen LogP contribution in [0.5, 0.6) is 0 Å². The minimum absolute atomic E-state index is 0.182. The van der Waals surface area contributed by atoms with E-state index in [1.54, 1.807) is 11.3 Å². The van der Waals surface area contributed by atoms with E-state index in [1.165, 1.54) is 31.0 Å². The topological polar surface area (TPSA) is 38.0 Å². The third-order valence-electron chi connectivity index (χ3n) is 3.71. The molecule has 3 rings (SSSR count). The molecule has 0 aliphatic rings. The van der Waals surface area contributed by atoms with Gasteiger partial charge in [-0.3, -0.25) is 11.3 Å². The third-order valence-corrected chi connectivity index (χ3v) is 5.92. The molecule has 104 valence electrons. The summed E-state index contributed by atoms with van der Waals surface area (Å²) in [5, 5.41) is 2.14. The van der Waals surface area contributed by atoms with Crippen LogP contribution in [0.4, 0.5) is 0 Å². The van der Waals surface area contributed by atoms with E-state index >= 15 is 0 Å². The zero-order valence-electron chi connectivity index (χ0n) is 11.6. The first-order chi connectivity index (χ1) is 9.67. The highest BCUT2D eigenvalue weighted by molar-refractivity contribution is 7.26. The van der Waals surface area contributed by atoms with Gasteiger partial charge in [-0.1, -0.05) is 18.2 Å². The van der Waals surface area contributed by atoms with Crippen LogP contribution in [-0.2, 0) is 6.42 Å². The Hall–Kier alpha value is -1.20. The van der Waals surface area contributed by atoms with E-state index in [1.807, 2.05) is 11.3 Å². The van der Waals surface area contributed by atoms with Crippen LogP contribution in [0, 0.1) is 13.8 Å². The zero-order chi connectivity index (χ0) is 14.1. The highest BCUT2D eigenvalue weighted by Gasteiger charge is 2.14. The summed E-state index contributed by atoms with van der Waals surface area (Å²) in [6.45, 7) is 4.30.